The van der Waals surface area contributed by atoms with Gasteiger partial charge in [-0.2, -0.15) is 5.10 Å². The molecular weight excluding hydrogens is 382 g/mol. The van der Waals surface area contributed by atoms with Gasteiger partial charge in [0.1, 0.15) is 12.4 Å². The van der Waals surface area contributed by atoms with E-state index in [-0.39, 0.29) is 11.8 Å². The molecular formula is C22H23N5O3. The van der Waals surface area contributed by atoms with Crippen LogP contribution in [0.15, 0.2) is 49.1 Å². The molecule has 0 radical (unpaired) electrons. The van der Waals surface area contributed by atoms with Crippen LogP contribution in [0.3, 0.4) is 0 Å². The van der Waals surface area contributed by atoms with Crippen molar-refractivity contribution in [3.63, 3.8) is 0 Å². The number of pyridine rings is 1. The molecule has 30 heavy (non-hydrogen) atoms. The zero-order valence-corrected chi connectivity index (χ0v) is 17.0. The van der Waals surface area contributed by atoms with Crippen molar-refractivity contribution < 1.29 is 14.3 Å². The number of amides is 2. The van der Waals surface area contributed by atoms with Gasteiger partial charge >= 0.3 is 0 Å². The fourth-order valence-electron chi connectivity index (χ4n) is 3.47. The molecule has 0 saturated carbocycles. The summed E-state index contributed by atoms with van der Waals surface area (Å²) < 4.78 is 7.33. The second-order valence-corrected chi connectivity index (χ2v) is 7.21. The van der Waals surface area contributed by atoms with E-state index in [2.05, 4.69) is 21.5 Å². The second-order valence-electron chi connectivity index (χ2n) is 7.21. The molecule has 0 bridgehead atoms. The minimum absolute atomic E-state index is 0.142. The lowest BCUT2D eigenvalue weighted by atomic mass is 9.97. The van der Waals surface area contributed by atoms with Crippen LogP contribution in [0.2, 0.25) is 0 Å². The molecule has 2 aromatic heterocycles. The number of nitrogens with one attached hydrogen (secondary N) is 1. The Labute approximate surface area is 174 Å². The lowest BCUT2D eigenvalue weighted by Gasteiger charge is -2.26. The van der Waals surface area contributed by atoms with Crippen LogP contribution < -0.4 is 15.0 Å². The molecule has 8 nitrogen and oxygen atoms in total. The Bertz CT molecular complexity index is 1090. The van der Waals surface area contributed by atoms with Crippen LogP contribution in [0.25, 0.3) is 11.1 Å². The van der Waals surface area contributed by atoms with E-state index in [1.54, 1.807) is 35.2 Å². The van der Waals surface area contributed by atoms with E-state index in [1.165, 1.54) is 6.20 Å². The van der Waals surface area contributed by atoms with Gasteiger partial charge in [-0.25, -0.2) is 0 Å². The molecule has 4 rings (SSSR count). The molecule has 0 atom stereocenters. The van der Waals surface area contributed by atoms with Gasteiger partial charge in [-0.05, 0) is 35.7 Å². The van der Waals surface area contributed by atoms with Crippen LogP contribution in [0.1, 0.15) is 22.3 Å². The summed E-state index contributed by atoms with van der Waals surface area (Å²) in [6.45, 7) is 0.700. The normalized spacial score (nSPS) is 13.1. The molecule has 154 valence electrons. The number of aromatic nitrogens is 3. The summed E-state index contributed by atoms with van der Waals surface area (Å²) >= 11 is 0. The highest BCUT2D eigenvalue weighted by Crippen LogP contribution is 2.32. The maximum Gasteiger partial charge on any atom is 0.254 e. The van der Waals surface area contributed by atoms with Crippen molar-refractivity contribution in [3.05, 3.63) is 60.2 Å². The van der Waals surface area contributed by atoms with Crippen molar-refractivity contribution in [1.29, 1.82) is 0 Å². The van der Waals surface area contributed by atoms with Crippen LogP contribution in [0.5, 0.6) is 5.75 Å². The van der Waals surface area contributed by atoms with Crippen molar-refractivity contribution in [1.82, 2.24) is 20.1 Å². The Morgan fingerprint density at radius 2 is 2.00 bits per heavy atom. The first-order chi connectivity index (χ1) is 14.5. The summed E-state index contributed by atoms with van der Waals surface area (Å²) in [5.41, 5.74) is 4.59. The Hall–Kier alpha value is -3.68. The Kier molecular flexibility index (Phi) is 5.47. The first-order valence-electron chi connectivity index (χ1n) is 9.76. The van der Waals surface area contributed by atoms with Gasteiger partial charge in [0.05, 0.1) is 24.5 Å². The first-order valence-corrected chi connectivity index (χ1v) is 9.76. The fourth-order valence-corrected chi connectivity index (χ4v) is 3.47. The summed E-state index contributed by atoms with van der Waals surface area (Å²) in [7, 11) is 3.57. The standard InChI is InChI=1S/C22H23N5O3/c1-26-14-18(12-25-26)22(29)24-7-8-30-19-10-17(11-23-13-19)15-3-5-20-16(9-15)4-6-21(28)27(20)2/h3,5,9-14H,4,6-8H2,1-2H3,(H,24,29). The van der Waals surface area contributed by atoms with Gasteiger partial charge < -0.3 is 15.0 Å². The number of carbonyl (C=O) groups is 2. The molecule has 0 aliphatic carbocycles. The highest BCUT2D eigenvalue weighted by molar-refractivity contribution is 5.96. The zero-order valence-electron chi connectivity index (χ0n) is 17.0. The largest absolute Gasteiger partial charge is 0.490 e. The molecule has 1 N–H and O–H groups in total. The van der Waals surface area contributed by atoms with Gasteiger partial charge in [0.15, 0.2) is 0 Å². The van der Waals surface area contributed by atoms with Gasteiger partial charge in [-0.15, -0.1) is 0 Å². The van der Waals surface area contributed by atoms with Crippen LogP contribution in [0, 0.1) is 0 Å². The average Bonchev–Trinajstić information content (AvgIpc) is 3.20. The summed E-state index contributed by atoms with van der Waals surface area (Å²) in [6, 6.07) is 7.99. The number of aryl methyl sites for hydroxylation is 2. The number of carbonyl (C=O) groups excluding carboxylic acids is 2. The summed E-state index contributed by atoms with van der Waals surface area (Å²) in [6.07, 6.45) is 7.89. The molecule has 0 fully saturated rings. The van der Waals surface area contributed by atoms with E-state index in [1.807, 2.05) is 25.2 Å². The topological polar surface area (TPSA) is 89.3 Å². The lowest BCUT2D eigenvalue weighted by molar-refractivity contribution is -0.118. The number of anilines is 1. The highest BCUT2D eigenvalue weighted by atomic mass is 16.5. The highest BCUT2D eigenvalue weighted by Gasteiger charge is 2.21. The first kappa shape index (κ1) is 19.6. The number of ether oxygens (including phenoxy) is 1. The molecule has 2 amide bonds. The minimum atomic E-state index is -0.184. The molecule has 0 unspecified atom stereocenters. The SMILES string of the molecule is CN1C(=O)CCc2cc(-c3cncc(OCCNC(=O)c4cnn(C)c4)c3)ccc21. The van der Waals surface area contributed by atoms with Gasteiger partial charge in [0, 0.05) is 44.2 Å². The van der Waals surface area contributed by atoms with Crippen molar-refractivity contribution in [3.8, 4) is 16.9 Å². The van der Waals surface area contributed by atoms with Crippen LogP contribution in [-0.4, -0.2) is 46.8 Å². The maximum atomic E-state index is 12.0. The monoisotopic (exact) mass is 405 g/mol. The number of nitrogens with zero attached hydrogens (tertiary/aromatic N) is 4. The van der Waals surface area contributed by atoms with Crippen LogP contribution in [-0.2, 0) is 18.3 Å². The third kappa shape index (κ3) is 4.17. The van der Waals surface area contributed by atoms with Crippen molar-refractivity contribution >= 4 is 17.5 Å². The van der Waals surface area contributed by atoms with E-state index in [4.69, 9.17) is 4.74 Å². The number of hydrogen-bond donors (Lipinski definition) is 1. The molecule has 8 heteroatoms. The summed E-state index contributed by atoms with van der Waals surface area (Å²) in [5.74, 6) is 0.590. The fraction of sp³-hybridized carbons (Fsp3) is 0.273. The van der Waals surface area contributed by atoms with Crippen molar-refractivity contribution in [2.75, 3.05) is 25.1 Å². The second kappa shape index (κ2) is 8.36. The van der Waals surface area contributed by atoms with Gasteiger partial charge in [0.2, 0.25) is 5.91 Å². The average molecular weight is 405 g/mol. The Morgan fingerprint density at radius 3 is 2.80 bits per heavy atom. The van der Waals surface area contributed by atoms with E-state index < -0.39 is 0 Å². The van der Waals surface area contributed by atoms with E-state index in [0.717, 1.165) is 28.8 Å². The molecule has 1 aliphatic heterocycles. The summed E-state index contributed by atoms with van der Waals surface area (Å²) in [4.78, 5) is 29.9. The maximum absolute atomic E-state index is 12.0. The zero-order chi connectivity index (χ0) is 21.1. The molecule has 1 aromatic carbocycles. The molecule has 0 spiro atoms. The Balaban J connectivity index is 1.37. The van der Waals surface area contributed by atoms with Crippen molar-refractivity contribution in [2.45, 2.75) is 12.8 Å². The molecule has 3 heterocycles. The van der Waals surface area contributed by atoms with E-state index in [9.17, 15) is 9.59 Å². The number of hydrogen-bond acceptors (Lipinski definition) is 5. The van der Waals surface area contributed by atoms with Crippen molar-refractivity contribution in [2.24, 2.45) is 7.05 Å². The molecule has 0 saturated heterocycles. The smallest absolute Gasteiger partial charge is 0.254 e. The third-order valence-electron chi connectivity index (χ3n) is 5.09. The van der Waals surface area contributed by atoms with Gasteiger partial charge in [-0.3, -0.25) is 19.3 Å². The predicted molar refractivity (Wildman–Crippen MR) is 112 cm³/mol. The third-order valence-corrected chi connectivity index (χ3v) is 5.09. The number of benzene rings is 1. The number of fused-ring (bicyclic) bond motifs is 1. The lowest BCUT2D eigenvalue weighted by Crippen LogP contribution is -2.30. The van der Waals surface area contributed by atoms with E-state index in [0.29, 0.717) is 30.9 Å². The van der Waals surface area contributed by atoms with Crippen LogP contribution in [0.4, 0.5) is 5.69 Å². The van der Waals surface area contributed by atoms with Crippen LogP contribution >= 0.6 is 0 Å². The minimum Gasteiger partial charge on any atom is -0.490 e. The molecule has 3 aromatic rings. The van der Waals surface area contributed by atoms with Gasteiger partial charge in [0.25, 0.3) is 5.91 Å². The molecule has 1 aliphatic rings. The number of rotatable bonds is 6. The predicted octanol–water partition coefficient (Wildman–Crippen LogP) is 2.20. The quantitative estimate of drug-likeness (QED) is 0.635. The summed E-state index contributed by atoms with van der Waals surface area (Å²) in [5, 5.41) is 6.78. The Morgan fingerprint density at radius 1 is 1.13 bits per heavy atom. The van der Waals surface area contributed by atoms with Gasteiger partial charge in [-0.1, -0.05) is 6.07 Å². The van der Waals surface area contributed by atoms with E-state index >= 15 is 0 Å².